The van der Waals surface area contributed by atoms with Crippen molar-refractivity contribution < 1.29 is 19.8 Å². The molecule has 0 amide bonds. The van der Waals surface area contributed by atoms with Gasteiger partial charge in [-0.3, -0.25) is 9.59 Å². The zero-order valence-electron chi connectivity index (χ0n) is 15.4. The van der Waals surface area contributed by atoms with Crippen LogP contribution >= 0.6 is 23.2 Å². The third-order valence-corrected chi connectivity index (χ3v) is 4.79. The lowest BCUT2D eigenvalue weighted by atomic mass is 10.0. The number of hydrogen-bond acceptors (Lipinski definition) is 4. The predicted molar refractivity (Wildman–Crippen MR) is 107 cm³/mol. The second-order valence-corrected chi connectivity index (χ2v) is 7.70. The number of rotatable bonds is 11. The summed E-state index contributed by atoms with van der Waals surface area (Å²) in [7, 11) is 0. The molecule has 28 heavy (non-hydrogen) atoms. The summed E-state index contributed by atoms with van der Waals surface area (Å²) in [6.45, 7) is 2.78. The van der Waals surface area contributed by atoms with E-state index in [1.165, 1.54) is 0 Å². The van der Waals surface area contributed by atoms with E-state index < -0.39 is 18.0 Å². The fraction of sp³-hybridized carbons (Fsp3) is 0.421. The minimum atomic E-state index is -0.969. The minimum Gasteiger partial charge on any atom is -0.481 e. The maximum absolute atomic E-state index is 11.6. The molecule has 2 aromatic rings. The van der Waals surface area contributed by atoms with Crippen molar-refractivity contribution in [2.45, 2.75) is 38.8 Å². The molecule has 1 heterocycles. The third-order valence-electron chi connectivity index (χ3n) is 4.35. The molecule has 1 aromatic carbocycles. The highest BCUT2D eigenvalue weighted by Gasteiger charge is 2.20. The Bertz CT molecular complexity index is 805. The number of nitrogens with one attached hydrogen (secondary N) is 1. The summed E-state index contributed by atoms with van der Waals surface area (Å²) in [5, 5.41) is 22.4. The van der Waals surface area contributed by atoms with Gasteiger partial charge in [-0.2, -0.15) is 0 Å². The van der Waals surface area contributed by atoms with E-state index in [2.05, 4.69) is 10.3 Å². The average molecular weight is 428 g/mol. The maximum atomic E-state index is 11.6. The molecule has 0 saturated carbocycles. The molecule has 0 aliphatic rings. The number of aliphatic carboxylic acids is 2. The van der Waals surface area contributed by atoms with Crippen LogP contribution in [0.2, 0.25) is 10.0 Å². The Balaban J connectivity index is 2.01. The monoisotopic (exact) mass is 427 g/mol. The molecule has 152 valence electrons. The highest BCUT2D eigenvalue weighted by atomic mass is 35.5. The fourth-order valence-corrected chi connectivity index (χ4v) is 3.40. The van der Waals surface area contributed by atoms with Crippen LogP contribution in [0, 0.1) is 5.92 Å². The molecule has 0 fully saturated rings. The van der Waals surface area contributed by atoms with Gasteiger partial charge in [0.2, 0.25) is 0 Å². The quantitative estimate of drug-likeness (QED) is 0.507. The first kappa shape index (κ1) is 22.2. The molecule has 0 saturated heterocycles. The summed E-state index contributed by atoms with van der Waals surface area (Å²) in [6.07, 6.45) is 4.07. The molecule has 0 spiro atoms. The van der Waals surface area contributed by atoms with Crippen molar-refractivity contribution in [1.29, 1.82) is 0 Å². The van der Waals surface area contributed by atoms with Crippen molar-refractivity contribution in [2.24, 2.45) is 5.92 Å². The summed E-state index contributed by atoms with van der Waals surface area (Å²) in [4.78, 5) is 26.4. The lowest BCUT2D eigenvalue weighted by molar-refractivity contribution is -0.140. The summed E-state index contributed by atoms with van der Waals surface area (Å²) in [5.41, 5.74) is 1.65. The first-order valence-corrected chi connectivity index (χ1v) is 9.62. The number of halogens is 2. The molecule has 2 unspecified atom stereocenters. The summed E-state index contributed by atoms with van der Waals surface area (Å²) < 4.78 is 1.85. The number of nitrogens with zero attached hydrogens (tertiary/aromatic N) is 2. The highest BCUT2D eigenvalue weighted by molar-refractivity contribution is 6.34. The van der Waals surface area contributed by atoms with Gasteiger partial charge in [0, 0.05) is 41.3 Å². The second-order valence-electron chi connectivity index (χ2n) is 6.83. The van der Waals surface area contributed by atoms with Gasteiger partial charge >= 0.3 is 11.9 Å². The smallest absolute Gasteiger partial charge is 0.321 e. The van der Waals surface area contributed by atoms with Crippen LogP contribution in [0.25, 0.3) is 0 Å². The molecule has 2 atom stereocenters. The van der Waals surface area contributed by atoms with Crippen LogP contribution in [0.5, 0.6) is 0 Å². The van der Waals surface area contributed by atoms with E-state index in [0.29, 0.717) is 29.6 Å². The van der Waals surface area contributed by atoms with E-state index in [1.54, 1.807) is 30.7 Å². The Morgan fingerprint density at radius 3 is 2.50 bits per heavy atom. The van der Waals surface area contributed by atoms with Crippen LogP contribution in [-0.4, -0.2) is 44.3 Å². The van der Waals surface area contributed by atoms with Crippen molar-refractivity contribution in [1.82, 2.24) is 14.9 Å². The van der Waals surface area contributed by atoms with Gasteiger partial charge in [-0.05, 0) is 42.6 Å². The van der Waals surface area contributed by atoms with Crippen molar-refractivity contribution in [3.8, 4) is 0 Å². The van der Waals surface area contributed by atoms with Crippen LogP contribution in [0.15, 0.2) is 30.7 Å². The van der Waals surface area contributed by atoms with E-state index in [-0.39, 0.29) is 18.8 Å². The lowest BCUT2D eigenvalue weighted by Crippen LogP contribution is -2.41. The number of hydrogen-bond donors (Lipinski definition) is 3. The highest BCUT2D eigenvalue weighted by Crippen LogP contribution is 2.20. The van der Waals surface area contributed by atoms with Crippen LogP contribution in [0.3, 0.4) is 0 Å². The normalized spacial score (nSPS) is 13.2. The summed E-state index contributed by atoms with van der Waals surface area (Å²) >= 11 is 12.1. The SMILES string of the molecule is CC(CCC(=O)O)CNC(Cc1cncn1Cc1cc(Cl)cc(Cl)c1)C(=O)O. The van der Waals surface area contributed by atoms with E-state index in [0.717, 1.165) is 11.3 Å². The van der Waals surface area contributed by atoms with E-state index >= 15 is 0 Å². The Morgan fingerprint density at radius 1 is 1.21 bits per heavy atom. The lowest BCUT2D eigenvalue weighted by Gasteiger charge is -2.18. The molecule has 1 aromatic heterocycles. The van der Waals surface area contributed by atoms with Gasteiger partial charge < -0.3 is 20.1 Å². The predicted octanol–water partition coefficient (Wildman–Crippen LogP) is 3.32. The van der Waals surface area contributed by atoms with E-state index in [1.807, 2.05) is 11.5 Å². The Hall–Kier alpha value is -2.09. The first-order chi connectivity index (χ1) is 13.2. The maximum Gasteiger partial charge on any atom is 0.321 e. The zero-order chi connectivity index (χ0) is 20.7. The molecule has 3 N–H and O–H groups in total. The van der Waals surface area contributed by atoms with Crippen molar-refractivity contribution in [2.75, 3.05) is 6.54 Å². The van der Waals surface area contributed by atoms with Gasteiger partial charge in [-0.1, -0.05) is 30.1 Å². The zero-order valence-corrected chi connectivity index (χ0v) is 17.0. The molecule has 0 aliphatic heterocycles. The minimum absolute atomic E-state index is 0.0523. The standard InChI is InChI=1S/C19H23Cl2N3O4/c1-12(2-3-18(25)26)8-23-17(19(27)28)7-16-9-22-11-24(16)10-13-4-14(20)6-15(21)5-13/h4-6,9,11-12,17,23H,2-3,7-8,10H2,1H3,(H,25,26)(H,27,28). The van der Waals surface area contributed by atoms with Gasteiger partial charge in [0.1, 0.15) is 6.04 Å². The van der Waals surface area contributed by atoms with Gasteiger partial charge in [0.15, 0.2) is 0 Å². The van der Waals surface area contributed by atoms with Crippen molar-refractivity contribution in [3.63, 3.8) is 0 Å². The van der Waals surface area contributed by atoms with Crippen LogP contribution < -0.4 is 5.32 Å². The second kappa shape index (κ2) is 10.5. The molecular weight excluding hydrogens is 405 g/mol. The number of carbonyl (C=O) groups is 2. The average Bonchev–Trinajstić information content (AvgIpc) is 3.02. The van der Waals surface area contributed by atoms with E-state index in [9.17, 15) is 14.7 Å². The molecule has 0 bridgehead atoms. The third kappa shape index (κ3) is 7.14. The van der Waals surface area contributed by atoms with Crippen molar-refractivity contribution in [3.05, 3.63) is 52.0 Å². The number of carboxylic acids is 2. The van der Waals surface area contributed by atoms with Crippen LogP contribution in [-0.2, 0) is 22.6 Å². The van der Waals surface area contributed by atoms with Crippen LogP contribution in [0.4, 0.5) is 0 Å². The molecule has 0 aliphatic carbocycles. The Labute approximate surface area is 173 Å². The molecule has 7 nitrogen and oxygen atoms in total. The number of imidazole rings is 1. The molecule has 9 heteroatoms. The first-order valence-electron chi connectivity index (χ1n) is 8.86. The number of carboxylic acid groups (broad SMARTS) is 2. The number of aromatic nitrogens is 2. The topological polar surface area (TPSA) is 104 Å². The molecule has 2 rings (SSSR count). The van der Waals surface area contributed by atoms with Crippen LogP contribution in [0.1, 0.15) is 31.0 Å². The Kier molecular flexibility index (Phi) is 8.29. The van der Waals surface area contributed by atoms with Crippen molar-refractivity contribution >= 4 is 35.1 Å². The Morgan fingerprint density at radius 2 is 1.89 bits per heavy atom. The summed E-state index contributed by atoms with van der Waals surface area (Å²) in [6, 6.07) is 4.45. The fourth-order valence-electron chi connectivity index (χ4n) is 2.83. The number of benzene rings is 1. The summed E-state index contributed by atoms with van der Waals surface area (Å²) in [5.74, 6) is -1.77. The van der Waals surface area contributed by atoms with Gasteiger partial charge in [0.05, 0.1) is 6.33 Å². The molecular formula is C19H23Cl2N3O4. The largest absolute Gasteiger partial charge is 0.481 e. The van der Waals surface area contributed by atoms with Gasteiger partial charge in [-0.15, -0.1) is 0 Å². The van der Waals surface area contributed by atoms with Gasteiger partial charge in [-0.25, -0.2) is 4.98 Å². The molecule has 0 radical (unpaired) electrons. The van der Waals surface area contributed by atoms with E-state index in [4.69, 9.17) is 28.3 Å². The van der Waals surface area contributed by atoms with Gasteiger partial charge in [0.25, 0.3) is 0 Å².